The van der Waals surface area contributed by atoms with Gasteiger partial charge < -0.3 is 4.74 Å². The third kappa shape index (κ3) is 4.03. The van der Waals surface area contributed by atoms with E-state index in [4.69, 9.17) is 9.73 Å². The molecule has 2 nitrogen and oxygen atoms in total. The van der Waals surface area contributed by atoms with E-state index in [9.17, 15) is 0 Å². The largest absolute Gasteiger partial charge is 0.478 e. The quantitative estimate of drug-likeness (QED) is 0.691. The number of halogens is 1. The van der Waals surface area contributed by atoms with Gasteiger partial charge in [0.2, 0.25) is 0 Å². The second kappa shape index (κ2) is 6.88. The van der Waals surface area contributed by atoms with Crippen LogP contribution in [-0.2, 0) is 11.2 Å². The fourth-order valence-electron chi connectivity index (χ4n) is 2.91. The van der Waals surface area contributed by atoms with Crippen LogP contribution < -0.4 is 0 Å². The molecule has 2 aromatic rings. The molecule has 0 amide bonds. The van der Waals surface area contributed by atoms with Gasteiger partial charge in [-0.25, -0.2) is 4.99 Å². The molecule has 0 fully saturated rings. The van der Waals surface area contributed by atoms with Crippen molar-refractivity contribution in [2.24, 2.45) is 4.99 Å². The SMILES string of the molecule is CC1(C)COC(C(CCc2ccccc2Br)c2ccccc2)=N1. The molecular formula is C20H22BrNO. The molecule has 0 radical (unpaired) electrons. The Balaban J connectivity index is 1.83. The fraction of sp³-hybridized carbons (Fsp3) is 0.350. The summed E-state index contributed by atoms with van der Waals surface area (Å²) in [6, 6.07) is 19.0. The number of ether oxygens (including phenoxy) is 1. The van der Waals surface area contributed by atoms with Crippen LogP contribution in [0.4, 0.5) is 0 Å². The summed E-state index contributed by atoms with van der Waals surface area (Å²) in [5, 5.41) is 0. The lowest BCUT2D eigenvalue weighted by molar-refractivity contribution is 0.270. The molecule has 23 heavy (non-hydrogen) atoms. The highest BCUT2D eigenvalue weighted by atomic mass is 79.9. The van der Waals surface area contributed by atoms with Crippen molar-refractivity contribution in [3.05, 3.63) is 70.2 Å². The van der Waals surface area contributed by atoms with Gasteiger partial charge in [0, 0.05) is 4.47 Å². The first-order valence-corrected chi connectivity index (χ1v) is 8.85. The van der Waals surface area contributed by atoms with Crippen molar-refractivity contribution < 1.29 is 4.74 Å². The molecule has 2 aromatic carbocycles. The van der Waals surface area contributed by atoms with Crippen LogP contribution in [0.25, 0.3) is 0 Å². The molecular weight excluding hydrogens is 350 g/mol. The minimum Gasteiger partial charge on any atom is -0.478 e. The summed E-state index contributed by atoms with van der Waals surface area (Å²) in [4.78, 5) is 4.81. The van der Waals surface area contributed by atoms with Crippen LogP contribution >= 0.6 is 15.9 Å². The number of hydrogen-bond donors (Lipinski definition) is 0. The molecule has 120 valence electrons. The van der Waals surface area contributed by atoms with Crippen molar-refractivity contribution in [1.29, 1.82) is 0 Å². The molecule has 0 aliphatic carbocycles. The normalized spacial score (nSPS) is 17.4. The third-order valence-corrected chi connectivity index (χ3v) is 4.92. The van der Waals surface area contributed by atoms with Gasteiger partial charge in [0.25, 0.3) is 0 Å². The zero-order valence-corrected chi connectivity index (χ0v) is 15.2. The number of nitrogens with zero attached hydrogens (tertiary/aromatic N) is 1. The van der Waals surface area contributed by atoms with Crippen molar-refractivity contribution in [3.8, 4) is 0 Å². The van der Waals surface area contributed by atoms with Gasteiger partial charge in [-0.1, -0.05) is 64.5 Å². The van der Waals surface area contributed by atoms with E-state index in [1.807, 2.05) is 0 Å². The van der Waals surface area contributed by atoms with E-state index in [1.165, 1.54) is 15.6 Å². The van der Waals surface area contributed by atoms with Gasteiger partial charge in [0.1, 0.15) is 6.61 Å². The van der Waals surface area contributed by atoms with E-state index in [-0.39, 0.29) is 11.5 Å². The second-order valence-corrected chi connectivity index (χ2v) is 7.50. The lowest BCUT2D eigenvalue weighted by atomic mass is 9.92. The first-order chi connectivity index (χ1) is 11.1. The van der Waals surface area contributed by atoms with Crippen molar-refractivity contribution in [2.75, 3.05) is 6.61 Å². The summed E-state index contributed by atoms with van der Waals surface area (Å²) in [5.74, 6) is 1.10. The van der Waals surface area contributed by atoms with E-state index in [2.05, 4.69) is 84.4 Å². The monoisotopic (exact) mass is 371 g/mol. The Kier molecular flexibility index (Phi) is 4.86. The number of hydrogen-bond acceptors (Lipinski definition) is 2. The molecule has 0 saturated carbocycles. The van der Waals surface area contributed by atoms with Crippen molar-refractivity contribution in [2.45, 2.75) is 38.1 Å². The van der Waals surface area contributed by atoms with Crippen LogP contribution in [0.1, 0.15) is 37.3 Å². The summed E-state index contributed by atoms with van der Waals surface area (Å²) in [6.45, 7) is 4.91. The number of benzene rings is 2. The lowest BCUT2D eigenvalue weighted by Gasteiger charge is -2.17. The van der Waals surface area contributed by atoms with Crippen LogP contribution in [0, 0.1) is 0 Å². The van der Waals surface area contributed by atoms with Gasteiger partial charge in [-0.2, -0.15) is 0 Å². The average Bonchev–Trinajstić information content (AvgIpc) is 2.90. The van der Waals surface area contributed by atoms with Crippen LogP contribution in [-0.4, -0.2) is 18.0 Å². The van der Waals surface area contributed by atoms with E-state index in [0.29, 0.717) is 6.61 Å². The molecule has 3 heteroatoms. The highest BCUT2D eigenvalue weighted by Crippen LogP contribution is 2.31. The maximum Gasteiger partial charge on any atom is 0.191 e. The van der Waals surface area contributed by atoms with Crippen molar-refractivity contribution >= 4 is 21.8 Å². The van der Waals surface area contributed by atoms with Gasteiger partial charge in [-0.3, -0.25) is 0 Å². The summed E-state index contributed by atoms with van der Waals surface area (Å²) in [5.41, 5.74) is 2.48. The second-order valence-electron chi connectivity index (χ2n) is 6.64. The standard InChI is InChI=1S/C20H22BrNO/c1-20(2)14-23-19(22-20)17(15-8-4-3-5-9-15)13-12-16-10-6-7-11-18(16)21/h3-11,17H,12-14H2,1-2H3. The predicted octanol–water partition coefficient (Wildman–Crippen LogP) is 5.37. The predicted molar refractivity (Wildman–Crippen MR) is 99.1 cm³/mol. The number of aliphatic imine (C=N–C) groups is 1. The van der Waals surface area contributed by atoms with Gasteiger partial charge in [0.15, 0.2) is 5.90 Å². The van der Waals surface area contributed by atoms with E-state index < -0.39 is 0 Å². The lowest BCUT2D eigenvalue weighted by Crippen LogP contribution is -2.17. The minimum absolute atomic E-state index is 0.115. The van der Waals surface area contributed by atoms with Crippen molar-refractivity contribution in [3.63, 3.8) is 0 Å². The van der Waals surface area contributed by atoms with Crippen molar-refractivity contribution in [1.82, 2.24) is 0 Å². The summed E-state index contributed by atoms with van der Waals surface area (Å²) in [6.07, 6.45) is 1.98. The maximum atomic E-state index is 5.94. The first kappa shape index (κ1) is 16.3. The zero-order valence-electron chi connectivity index (χ0n) is 13.6. The first-order valence-electron chi connectivity index (χ1n) is 8.06. The Labute approximate surface area is 146 Å². The molecule has 0 spiro atoms. The fourth-order valence-corrected chi connectivity index (χ4v) is 3.39. The molecule has 1 heterocycles. The maximum absolute atomic E-state index is 5.94. The Morgan fingerprint density at radius 1 is 1.09 bits per heavy atom. The van der Waals surface area contributed by atoms with Crippen LogP contribution in [0.2, 0.25) is 0 Å². The highest BCUT2D eigenvalue weighted by molar-refractivity contribution is 9.10. The smallest absolute Gasteiger partial charge is 0.191 e. The van der Waals surface area contributed by atoms with Crippen LogP contribution in [0.5, 0.6) is 0 Å². The molecule has 0 saturated heterocycles. The summed E-state index contributed by atoms with van der Waals surface area (Å²) < 4.78 is 7.11. The summed E-state index contributed by atoms with van der Waals surface area (Å²) >= 11 is 3.64. The molecule has 0 bridgehead atoms. The van der Waals surface area contributed by atoms with Gasteiger partial charge in [-0.15, -0.1) is 0 Å². The average molecular weight is 372 g/mol. The minimum atomic E-state index is -0.115. The molecule has 3 rings (SSSR count). The van der Waals surface area contributed by atoms with E-state index >= 15 is 0 Å². The Bertz CT molecular complexity index is 694. The van der Waals surface area contributed by atoms with Crippen LogP contribution in [0.15, 0.2) is 64.1 Å². The molecule has 0 N–H and O–H groups in total. The molecule has 1 unspecified atom stereocenters. The van der Waals surface area contributed by atoms with Gasteiger partial charge in [-0.05, 0) is 43.9 Å². The van der Waals surface area contributed by atoms with Gasteiger partial charge >= 0.3 is 0 Å². The third-order valence-electron chi connectivity index (χ3n) is 4.15. The summed E-state index contributed by atoms with van der Waals surface area (Å²) in [7, 11) is 0. The molecule has 0 aromatic heterocycles. The Morgan fingerprint density at radius 3 is 2.43 bits per heavy atom. The molecule has 1 aliphatic rings. The molecule has 1 aliphatic heterocycles. The highest BCUT2D eigenvalue weighted by Gasteiger charge is 2.31. The number of rotatable bonds is 5. The Hall–Kier alpha value is -1.61. The zero-order chi connectivity index (χ0) is 16.3. The Morgan fingerprint density at radius 2 is 1.78 bits per heavy atom. The van der Waals surface area contributed by atoms with E-state index in [1.54, 1.807) is 0 Å². The van der Waals surface area contributed by atoms with Crippen LogP contribution in [0.3, 0.4) is 0 Å². The van der Waals surface area contributed by atoms with Gasteiger partial charge in [0.05, 0.1) is 11.5 Å². The molecule has 1 atom stereocenters. The van der Waals surface area contributed by atoms with E-state index in [0.717, 1.165) is 18.7 Å². The number of aryl methyl sites for hydroxylation is 1. The topological polar surface area (TPSA) is 21.6 Å².